The second-order valence-electron chi connectivity index (χ2n) is 5.93. The molecule has 0 aromatic heterocycles. The van der Waals surface area contributed by atoms with Gasteiger partial charge in [0.1, 0.15) is 0 Å². The average Bonchev–Trinajstić information content (AvgIpc) is 2.96. The third-order valence-electron chi connectivity index (χ3n) is 4.42. The van der Waals surface area contributed by atoms with E-state index in [0.29, 0.717) is 5.92 Å². The molecule has 0 spiro atoms. The molecule has 2 fully saturated rings. The summed E-state index contributed by atoms with van der Waals surface area (Å²) < 4.78 is 0. The molecule has 3 unspecified atom stereocenters. The molecule has 0 saturated heterocycles. The zero-order valence-corrected chi connectivity index (χ0v) is 11.2. The summed E-state index contributed by atoms with van der Waals surface area (Å²) in [6, 6.07) is 0.0805. The minimum Gasteiger partial charge on any atom is -0.409 e. The van der Waals surface area contributed by atoms with Crippen LogP contribution in [0.15, 0.2) is 5.16 Å². The number of oxime groups is 1. The second-order valence-corrected chi connectivity index (χ2v) is 5.93. The highest BCUT2D eigenvalue weighted by Gasteiger charge is 2.44. The molecule has 2 aliphatic rings. The SMILES string of the molecule is CC(C)N(CC(N)=NO)C(=O)C1CC2CCC1C2. The Morgan fingerprint density at radius 2 is 2.17 bits per heavy atom. The van der Waals surface area contributed by atoms with Gasteiger partial charge in [-0.25, -0.2) is 0 Å². The van der Waals surface area contributed by atoms with Crippen LogP contribution in [-0.4, -0.2) is 34.4 Å². The molecule has 1 amide bonds. The lowest BCUT2D eigenvalue weighted by Crippen LogP contribution is -2.46. The minimum absolute atomic E-state index is 0.0805. The van der Waals surface area contributed by atoms with Crippen LogP contribution in [0.4, 0.5) is 0 Å². The number of hydrogen-bond donors (Lipinski definition) is 2. The fourth-order valence-corrected chi connectivity index (χ4v) is 3.48. The van der Waals surface area contributed by atoms with Gasteiger partial charge < -0.3 is 15.8 Å². The lowest BCUT2D eigenvalue weighted by atomic mass is 9.87. The van der Waals surface area contributed by atoms with E-state index in [2.05, 4.69) is 5.16 Å². The summed E-state index contributed by atoms with van der Waals surface area (Å²) in [5.41, 5.74) is 5.53. The molecule has 102 valence electrons. The summed E-state index contributed by atoms with van der Waals surface area (Å²) in [5.74, 6) is 1.76. The predicted octanol–water partition coefficient (Wildman–Crippen LogP) is 1.41. The Kier molecular flexibility index (Phi) is 3.78. The number of amidine groups is 1. The van der Waals surface area contributed by atoms with Crippen molar-refractivity contribution in [3.05, 3.63) is 0 Å². The van der Waals surface area contributed by atoms with Gasteiger partial charge in [0.05, 0.1) is 6.54 Å². The van der Waals surface area contributed by atoms with Gasteiger partial charge in [-0.2, -0.15) is 0 Å². The van der Waals surface area contributed by atoms with Crippen molar-refractivity contribution in [2.45, 2.75) is 45.6 Å². The Morgan fingerprint density at radius 1 is 1.44 bits per heavy atom. The minimum atomic E-state index is 0.0805. The van der Waals surface area contributed by atoms with Gasteiger partial charge in [-0.05, 0) is 44.9 Å². The summed E-state index contributed by atoms with van der Waals surface area (Å²) in [6.07, 6.45) is 4.72. The molecule has 0 aromatic carbocycles. The van der Waals surface area contributed by atoms with Gasteiger partial charge >= 0.3 is 0 Å². The van der Waals surface area contributed by atoms with Crippen molar-refractivity contribution in [1.82, 2.24) is 4.90 Å². The molecule has 5 nitrogen and oxygen atoms in total. The van der Waals surface area contributed by atoms with Crippen molar-refractivity contribution in [2.24, 2.45) is 28.6 Å². The van der Waals surface area contributed by atoms with Gasteiger partial charge in [0.25, 0.3) is 0 Å². The maximum absolute atomic E-state index is 12.6. The predicted molar refractivity (Wildman–Crippen MR) is 69.2 cm³/mol. The number of carbonyl (C=O) groups excluding carboxylic acids is 1. The third-order valence-corrected chi connectivity index (χ3v) is 4.42. The Labute approximate surface area is 108 Å². The molecular formula is C13H23N3O2. The summed E-state index contributed by atoms with van der Waals surface area (Å²) >= 11 is 0. The van der Waals surface area contributed by atoms with Crippen LogP contribution in [-0.2, 0) is 4.79 Å². The number of rotatable bonds is 4. The number of nitrogens with zero attached hydrogens (tertiary/aromatic N) is 2. The zero-order valence-electron chi connectivity index (χ0n) is 11.2. The van der Waals surface area contributed by atoms with Crippen LogP contribution in [0.25, 0.3) is 0 Å². The lowest BCUT2D eigenvalue weighted by Gasteiger charge is -2.32. The van der Waals surface area contributed by atoms with Gasteiger partial charge in [0.15, 0.2) is 5.84 Å². The van der Waals surface area contributed by atoms with Gasteiger partial charge in [0, 0.05) is 12.0 Å². The standard InChI is InChI=1S/C13H23N3O2/c1-8(2)16(7-12(14)15-18)13(17)11-6-9-3-4-10(11)5-9/h8-11,18H,3-7H2,1-2H3,(H2,14,15). The average molecular weight is 253 g/mol. The maximum Gasteiger partial charge on any atom is 0.226 e. The first kappa shape index (κ1) is 13.2. The monoisotopic (exact) mass is 253 g/mol. The number of fused-ring (bicyclic) bond motifs is 2. The summed E-state index contributed by atoms with van der Waals surface area (Å²) in [5, 5.41) is 11.6. The quantitative estimate of drug-likeness (QED) is 0.344. The first-order valence-corrected chi connectivity index (χ1v) is 6.79. The zero-order chi connectivity index (χ0) is 13.3. The Hall–Kier alpha value is -1.26. The molecule has 0 heterocycles. The van der Waals surface area contributed by atoms with E-state index >= 15 is 0 Å². The third kappa shape index (κ3) is 2.44. The van der Waals surface area contributed by atoms with E-state index in [1.165, 1.54) is 19.3 Å². The summed E-state index contributed by atoms with van der Waals surface area (Å²) in [4.78, 5) is 14.3. The first-order chi connectivity index (χ1) is 8.52. The fraction of sp³-hybridized carbons (Fsp3) is 0.846. The summed E-state index contributed by atoms with van der Waals surface area (Å²) in [6.45, 7) is 4.16. The number of carbonyl (C=O) groups is 1. The molecule has 3 N–H and O–H groups in total. The Morgan fingerprint density at radius 3 is 2.61 bits per heavy atom. The van der Waals surface area contributed by atoms with Crippen LogP contribution >= 0.6 is 0 Å². The van der Waals surface area contributed by atoms with Crippen LogP contribution in [0.2, 0.25) is 0 Å². The van der Waals surface area contributed by atoms with Gasteiger partial charge in [-0.3, -0.25) is 4.79 Å². The Bertz CT molecular complexity index is 354. The van der Waals surface area contributed by atoms with E-state index in [1.54, 1.807) is 4.90 Å². The molecule has 2 aliphatic carbocycles. The van der Waals surface area contributed by atoms with Crippen LogP contribution in [0, 0.1) is 17.8 Å². The van der Waals surface area contributed by atoms with E-state index in [0.717, 1.165) is 12.3 Å². The van der Waals surface area contributed by atoms with Crippen LogP contribution < -0.4 is 5.73 Å². The van der Waals surface area contributed by atoms with Crippen molar-refractivity contribution in [3.63, 3.8) is 0 Å². The van der Waals surface area contributed by atoms with E-state index < -0.39 is 0 Å². The second kappa shape index (κ2) is 5.16. The van der Waals surface area contributed by atoms with E-state index in [9.17, 15) is 4.79 Å². The normalized spacial score (nSPS) is 31.1. The fourth-order valence-electron chi connectivity index (χ4n) is 3.48. The van der Waals surface area contributed by atoms with Gasteiger partial charge in [-0.15, -0.1) is 0 Å². The molecule has 2 bridgehead atoms. The van der Waals surface area contributed by atoms with E-state index in [4.69, 9.17) is 10.9 Å². The van der Waals surface area contributed by atoms with E-state index in [-0.39, 0.29) is 30.2 Å². The smallest absolute Gasteiger partial charge is 0.226 e. The van der Waals surface area contributed by atoms with Crippen molar-refractivity contribution in [1.29, 1.82) is 0 Å². The molecule has 0 aromatic rings. The van der Waals surface area contributed by atoms with Crippen LogP contribution in [0.1, 0.15) is 39.5 Å². The van der Waals surface area contributed by atoms with Gasteiger partial charge in [0.2, 0.25) is 5.91 Å². The topological polar surface area (TPSA) is 78.9 Å². The number of hydrogen-bond acceptors (Lipinski definition) is 3. The number of nitrogens with two attached hydrogens (primary N) is 1. The van der Waals surface area contributed by atoms with Crippen molar-refractivity contribution in [3.8, 4) is 0 Å². The molecule has 2 rings (SSSR count). The molecule has 5 heteroatoms. The lowest BCUT2D eigenvalue weighted by molar-refractivity contribution is -0.138. The molecule has 0 aliphatic heterocycles. The molecular weight excluding hydrogens is 230 g/mol. The molecule has 18 heavy (non-hydrogen) atoms. The highest BCUT2D eigenvalue weighted by molar-refractivity contribution is 5.88. The largest absolute Gasteiger partial charge is 0.409 e. The van der Waals surface area contributed by atoms with Gasteiger partial charge in [-0.1, -0.05) is 11.6 Å². The summed E-state index contributed by atoms with van der Waals surface area (Å²) in [7, 11) is 0. The highest BCUT2D eigenvalue weighted by Crippen LogP contribution is 2.48. The van der Waals surface area contributed by atoms with Crippen molar-refractivity contribution >= 4 is 11.7 Å². The molecule has 3 atom stereocenters. The highest BCUT2D eigenvalue weighted by atomic mass is 16.4. The van der Waals surface area contributed by atoms with Crippen molar-refractivity contribution in [2.75, 3.05) is 6.54 Å². The van der Waals surface area contributed by atoms with Crippen LogP contribution in [0.5, 0.6) is 0 Å². The first-order valence-electron chi connectivity index (χ1n) is 6.79. The molecule has 0 radical (unpaired) electrons. The Balaban J connectivity index is 2.04. The van der Waals surface area contributed by atoms with E-state index in [1.807, 2.05) is 13.8 Å². The van der Waals surface area contributed by atoms with Crippen molar-refractivity contribution < 1.29 is 10.0 Å². The maximum atomic E-state index is 12.6. The van der Waals surface area contributed by atoms with Crippen LogP contribution in [0.3, 0.4) is 0 Å². The molecule has 2 saturated carbocycles. The number of amides is 1.